The first-order valence-electron chi connectivity index (χ1n) is 8.25. The van der Waals surface area contributed by atoms with Crippen LogP contribution in [0.5, 0.6) is 0 Å². The van der Waals surface area contributed by atoms with Crippen LogP contribution < -0.4 is 10.2 Å². The Morgan fingerprint density at radius 2 is 1.84 bits per heavy atom. The first-order valence-corrected chi connectivity index (χ1v) is 8.25. The summed E-state index contributed by atoms with van der Waals surface area (Å²) >= 11 is 0. The summed E-state index contributed by atoms with van der Waals surface area (Å²) in [6.45, 7) is 3.98. The average molecular weight is 337 g/mol. The number of carbonyl (C=O) groups is 1. The molecular formula is C19H23N5O. The third-order valence-corrected chi connectivity index (χ3v) is 4.11. The first-order chi connectivity index (χ1) is 11.8. The molecule has 1 aromatic carbocycles. The molecule has 0 bridgehead atoms. The van der Waals surface area contributed by atoms with Gasteiger partial charge in [0.05, 0.1) is 17.5 Å². The van der Waals surface area contributed by atoms with Crippen LogP contribution in [0.3, 0.4) is 0 Å². The van der Waals surface area contributed by atoms with Crippen molar-refractivity contribution in [3.05, 3.63) is 53.9 Å². The molecule has 0 spiro atoms. The maximum atomic E-state index is 12.5. The van der Waals surface area contributed by atoms with Crippen LogP contribution in [0.1, 0.15) is 25.2 Å². The van der Waals surface area contributed by atoms with Crippen molar-refractivity contribution in [2.24, 2.45) is 0 Å². The van der Waals surface area contributed by atoms with E-state index in [0.717, 1.165) is 16.9 Å². The van der Waals surface area contributed by atoms with Gasteiger partial charge in [0, 0.05) is 14.1 Å². The average Bonchev–Trinajstić information content (AvgIpc) is 2.96. The number of rotatable bonds is 5. The lowest BCUT2D eigenvalue weighted by atomic mass is 9.94. The number of pyridine rings is 1. The number of aromatic nitrogens is 3. The molecule has 25 heavy (non-hydrogen) atoms. The number of hydrogen-bond acceptors (Lipinski definition) is 4. The van der Waals surface area contributed by atoms with Crippen LogP contribution in [0.25, 0.3) is 11.2 Å². The van der Waals surface area contributed by atoms with Crippen molar-refractivity contribution in [3.63, 3.8) is 0 Å². The van der Waals surface area contributed by atoms with Crippen LogP contribution >= 0.6 is 0 Å². The zero-order valence-electron chi connectivity index (χ0n) is 15.0. The monoisotopic (exact) mass is 337 g/mol. The van der Waals surface area contributed by atoms with E-state index in [1.165, 1.54) is 0 Å². The number of nitrogens with zero attached hydrogens (tertiary/aromatic N) is 3. The second-order valence-corrected chi connectivity index (χ2v) is 6.83. The van der Waals surface area contributed by atoms with E-state index in [-0.39, 0.29) is 12.3 Å². The van der Waals surface area contributed by atoms with Gasteiger partial charge in [0.1, 0.15) is 11.6 Å². The summed E-state index contributed by atoms with van der Waals surface area (Å²) in [5.41, 5.74) is 2.07. The molecule has 0 saturated heterocycles. The Balaban J connectivity index is 1.73. The number of fused-ring (bicyclic) bond motifs is 1. The third-order valence-electron chi connectivity index (χ3n) is 4.11. The summed E-state index contributed by atoms with van der Waals surface area (Å²) < 4.78 is 0. The normalized spacial score (nSPS) is 11.5. The van der Waals surface area contributed by atoms with Crippen molar-refractivity contribution in [2.45, 2.75) is 25.8 Å². The number of hydrogen-bond donors (Lipinski definition) is 2. The molecule has 3 aromatic rings. The number of aromatic amines is 1. The Hall–Kier alpha value is -2.89. The minimum Gasteiger partial charge on any atom is -0.363 e. The van der Waals surface area contributed by atoms with Gasteiger partial charge in [-0.05, 0) is 31.5 Å². The van der Waals surface area contributed by atoms with Gasteiger partial charge in [-0.2, -0.15) is 0 Å². The number of imidazole rings is 1. The zero-order chi connectivity index (χ0) is 18.0. The molecule has 130 valence electrons. The van der Waals surface area contributed by atoms with E-state index < -0.39 is 5.54 Å². The highest BCUT2D eigenvalue weighted by Gasteiger charge is 2.23. The third kappa shape index (κ3) is 3.79. The van der Waals surface area contributed by atoms with Gasteiger partial charge in [0.2, 0.25) is 5.91 Å². The molecule has 6 nitrogen and oxygen atoms in total. The molecule has 0 aliphatic carbocycles. The van der Waals surface area contributed by atoms with Crippen LogP contribution in [-0.2, 0) is 16.8 Å². The molecule has 3 rings (SSSR count). The molecule has 0 radical (unpaired) electrons. The number of H-pyrrole nitrogens is 1. The smallest absolute Gasteiger partial charge is 0.228 e. The molecule has 2 N–H and O–H groups in total. The number of benzene rings is 1. The van der Waals surface area contributed by atoms with E-state index in [1.54, 1.807) is 0 Å². The fourth-order valence-corrected chi connectivity index (χ4v) is 2.74. The van der Waals surface area contributed by atoms with E-state index in [4.69, 9.17) is 0 Å². The minimum atomic E-state index is -0.444. The van der Waals surface area contributed by atoms with E-state index in [0.29, 0.717) is 11.5 Å². The van der Waals surface area contributed by atoms with Gasteiger partial charge in [-0.25, -0.2) is 9.97 Å². The van der Waals surface area contributed by atoms with E-state index in [9.17, 15) is 4.79 Å². The molecule has 0 unspecified atom stereocenters. The Morgan fingerprint density at radius 3 is 2.52 bits per heavy atom. The largest absolute Gasteiger partial charge is 0.363 e. The molecule has 0 aliphatic heterocycles. The summed E-state index contributed by atoms with van der Waals surface area (Å²) in [5, 5.41) is 3.07. The number of carbonyl (C=O) groups excluding carboxylic acids is 1. The Labute approximate surface area is 147 Å². The Kier molecular flexibility index (Phi) is 4.44. The lowest BCUT2D eigenvalue weighted by Gasteiger charge is -2.26. The Bertz CT molecular complexity index is 883. The molecule has 6 heteroatoms. The lowest BCUT2D eigenvalue weighted by molar-refractivity contribution is -0.122. The maximum absolute atomic E-state index is 12.5. The Morgan fingerprint density at radius 1 is 1.12 bits per heavy atom. The maximum Gasteiger partial charge on any atom is 0.228 e. The SMILES string of the molecule is CN(C)c1ccc2[nH]c(CC(=O)NC(C)(C)c3ccccc3)nc2n1. The topological polar surface area (TPSA) is 73.9 Å². The number of nitrogens with one attached hydrogen (secondary N) is 2. The van der Waals surface area contributed by atoms with Gasteiger partial charge in [-0.15, -0.1) is 0 Å². The quantitative estimate of drug-likeness (QED) is 0.750. The summed E-state index contributed by atoms with van der Waals surface area (Å²) in [6, 6.07) is 13.8. The fraction of sp³-hybridized carbons (Fsp3) is 0.316. The van der Waals surface area contributed by atoms with Crippen LogP contribution in [0.15, 0.2) is 42.5 Å². The van der Waals surface area contributed by atoms with Crippen molar-refractivity contribution in [1.82, 2.24) is 20.3 Å². The highest BCUT2D eigenvalue weighted by Crippen LogP contribution is 2.20. The summed E-state index contributed by atoms with van der Waals surface area (Å²) in [5.74, 6) is 1.36. The van der Waals surface area contributed by atoms with Gasteiger partial charge in [-0.1, -0.05) is 30.3 Å². The number of amides is 1. The van der Waals surface area contributed by atoms with Crippen molar-refractivity contribution in [2.75, 3.05) is 19.0 Å². The molecule has 0 aliphatic rings. The molecule has 0 fully saturated rings. The number of anilines is 1. The molecule has 0 saturated carbocycles. The van der Waals surface area contributed by atoms with Gasteiger partial charge in [-0.3, -0.25) is 4.79 Å². The highest BCUT2D eigenvalue weighted by molar-refractivity contribution is 5.80. The van der Waals surface area contributed by atoms with Crippen LogP contribution in [-0.4, -0.2) is 35.0 Å². The predicted molar refractivity (Wildman–Crippen MR) is 99.5 cm³/mol. The second-order valence-electron chi connectivity index (χ2n) is 6.83. The van der Waals surface area contributed by atoms with Crippen LogP contribution in [0, 0.1) is 0 Å². The molecular weight excluding hydrogens is 314 g/mol. The summed E-state index contributed by atoms with van der Waals surface area (Å²) in [7, 11) is 3.86. The van der Waals surface area contributed by atoms with E-state index in [1.807, 2.05) is 75.3 Å². The van der Waals surface area contributed by atoms with Gasteiger partial charge >= 0.3 is 0 Å². The second kappa shape index (κ2) is 6.55. The van der Waals surface area contributed by atoms with Crippen molar-refractivity contribution < 1.29 is 4.79 Å². The van der Waals surface area contributed by atoms with Crippen LogP contribution in [0.4, 0.5) is 5.82 Å². The lowest BCUT2D eigenvalue weighted by Crippen LogP contribution is -2.41. The van der Waals surface area contributed by atoms with E-state index in [2.05, 4.69) is 20.3 Å². The molecule has 2 aromatic heterocycles. The van der Waals surface area contributed by atoms with Gasteiger partial charge < -0.3 is 15.2 Å². The predicted octanol–water partition coefficient (Wildman–Crippen LogP) is 2.62. The van der Waals surface area contributed by atoms with Crippen molar-refractivity contribution in [1.29, 1.82) is 0 Å². The van der Waals surface area contributed by atoms with Crippen molar-refractivity contribution in [3.8, 4) is 0 Å². The summed E-state index contributed by atoms with van der Waals surface area (Å²) in [4.78, 5) is 26.5. The standard InChI is InChI=1S/C19H23N5O/c1-19(2,13-8-6-5-7-9-13)23-17(25)12-15-20-14-10-11-16(24(3)4)22-18(14)21-15/h5-11H,12H2,1-4H3,(H,23,25)(H,20,21,22). The minimum absolute atomic E-state index is 0.0826. The van der Waals surface area contributed by atoms with Crippen LogP contribution in [0.2, 0.25) is 0 Å². The molecule has 1 amide bonds. The fourth-order valence-electron chi connectivity index (χ4n) is 2.74. The van der Waals surface area contributed by atoms with Crippen molar-refractivity contribution >= 4 is 22.9 Å². The first kappa shape index (κ1) is 17.0. The van der Waals surface area contributed by atoms with Gasteiger partial charge in [0.15, 0.2) is 5.65 Å². The zero-order valence-corrected chi connectivity index (χ0v) is 15.0. The molecule has 0 atom stereocenters. The summed E-state index contributed by atoms with van der Waals surface area (Å²) in [6.07, 6.45) is 0.184. The van der Waals surface area contributed by atoms with E-state index >= 15 is 0 Å². The van der Waals surface area contributed by atoms with Gasteiger partial charge in [0.25, 0.3) is 0 Å². The molecule has 2 heterocycles. The highest BCUT2D eigenvalue weighted by atomic mass is 16.1.